The molecule has 0 N–H and O–H groups in total. The predicted octanol–water partition coefficient (Wildman–Crippen LogP) is 3.25. The topological polar surface area (TPSA) is 72.7 Å². The molecule has 0 saturated carbocycles. The number of hydrogen-bond acceptors (Lipinski definition) is 5. The molecule has 0 aromatic heterocycles. The number of carbonyl (C=O) groups is 1. The molecule has 0 spiro atoms. The van der Waals surface area contributed by atoms with Gasteiger partial charge in [-0.15, -0.1) is 0 Å². The number of non-ortho nitro benzene ring substituents is 1. The summed E-state index contributed by atoms with van der Waals surface area (Å²) in [6.45, 7) is 6.86. The van der Waals surface area contributed by atoms with Crippen LogP contribution in [0.2, 0.25) is 0 Å². The van der Waals surface area contributed by atoms with Crippen molar-refractivity contribution in [1.29, 1.82) is 0 Å². The lowest BCUT2D eigenvalue weighted by atomic mass is 10.0. The van der Waals surface area contributed by atoms with E-state index in [1.165, 1.54) is 12.1 Å². The molecule has 0 bridgehead atoms. The van der Waals surface area contributed by atoms with Gasteiger partial charge in [0.1, 0.15) is 6.61 Å². The van der Waals surface area contributed by atoms with Crippen molar-refractivity contribution in [2.75, 3.05) is 26.2 Å². The zero-order valence-corrected chi connectivity index (χ0v) is 13.3. The first-order valence-corrected chi connectivity index (χ1v) is 7.64. The number of esters is 1. The molecular weight excluding hydrogens is 296 g/mol. The van der Waals surface area contributed by atoms with Crippen LogP contribution in [0.4, 0.5) is 5.69 Å². The Kier molecular flexibility index (Phi) is 5.65. The summed E-state index contributed by atoms with van der Waals surface area (Å²) in [7, 11) is 0. The Morgan fingerprint density at radius 2 is 1.78 bits per heavy atom. The lowest BCUT2D eigenvalue weighted by Gasteiger charge is -2.17. The van der Waals surface area contributed by atoms with E-state index in [0.29, 0.717) is 29.5 Å². The lowest BCUT2D eigenvalue weighted by molar-refractivity contribution is -0.383. The van der Waals surface area contributed by atoms with Gasteiger partial charge in [0, 0.05) is 18.0 Å². The van der Waals surface area contributed by atoms with Gasteiger partial charge in [-0.05, 0) is 25.2 Å². The van der Waals surface area contributed by atoms with Gasteiger partial charge in [0.25, 0.3) is 5.69 Å². The Morgan fingerprint density at radius 1 is 1.13 bits per heavy atom. The first-order valence-electron chi connectivity index (χ1n) is 7.64. The van der Waals surface area contributed by atoms with Crippen LogP contribution < -0.4 is 0 Å². The van der Waals surface area contributed by atoms with E-state index in [1.807, 2.05) is 0 Å². The van der Waals surface area contributed by atoms with E-state index in [-0.39, 0.29) is 5.69 Å². The van der Waals surface area contributed by atoms with Crippen LogP contribution >= 0.6 is 0 Å². The normalized spacial score (nSPS) is 10.9. The Labute approximate surface area is 134 Å². The summed E-state index contributed by atoms with van der Waals surface area (Å²) in [5.74, 6) is -0.455. The van der Waals surface area contributed by atoms with E-state index in [1.54, 1.807) is 24.3 Å². The van der Waals surface area contributed by atoms with Gasteiger partial charge < -0.3 is 9.64 Å². The van der Waals surface area contributed by atoms with Gasteiger partial charge in [-0.2, -0.15) is 0 Å². The van der Waals surface area contributed by atoms with Gasteiger partial charge in [-0.3, -0.25) is 10.1 Å². The number of nitro groups is 1. The quantitative estimate of drug-likeness (QED) is 0.445. The second-order valence-corrected chi connectivity index (χ2v) is 5.10. The zero-order chi connectivity index (χ0) is 16.8. The Morgan fingerprint density at radius 3 is 2.39 bits per heavy atom. The third kappa shape index (κ3) is 3.84. The van der Waals surface area contributed by atoms with Gasteiger partial charge in [0.2, 0.25) is 0 Å². The highest BCUT2D eigenvalue weighted by Crippen LogP contribution is 2.28. The van der Waals surface area contributed by atoms with Crippen molar-refractivity contribution < 1.29 is 14.5 Å². The molecule has 0 aliphatic heterocycles. The number of benzene rings is 2. The number of likely N-dealkylation sites (N-methyl/N-ethyl adjacent to an activating group) is 1. The molecular formula is C17H20N2O4. The highest BCUT2D eigenvalue weighted by atomic mass is 16.6. The minimum atomic E-state index is -0.455. The van der Waals surface area contributed by atoms with E-state index in [9.17, 15) is 14.9 Å². The van der Waals surface area contributed by atoms with Crippen molar-refractivity contribution in [3.05, 3.63) is 52.1 Å². The maximum Gasteiger partial charge on any atom is 0.338 e. The van der Waals surface area contributed by atoms with Crippen LogP contribution in [0.15, 0.2) is 36.4 Å². The van der Waals surface area contributed by atoms with Crippen LogP contribution in [0.3, 0.4) is 0 Å². The molecule has 0 radical (unpaired) electrons. The molecule has 0 aliphatic carbocycles. The van der Waals surface area contributed by atoms with Crippen LogP contribution in [0.25, 0.3) is 10.8 Å². The van der Waals surface area contributed by atoms with Crippen molar-refractivity contribution in [3.63, 3.8) is 0 Å². The van der Waals surface area contributed by atoms with Gasteiger partial charge in [0.15, 0.2) is 0 Å². The first-order chi connectivity index (χ1) is 11.1. The second kappa shape index (κ2) is 7.69. The molecule has 2 aromatic rings. The maximum absolute atomic E-state index is 12.3. The molecule has 0 heterocycles. The lowest BCUT2D eigenvalue weighted by Crippen LogP contribution is -2.27. The number of nitrogens with zero attached hydrogens (tertiary/aromatic N) is 2. The molecule has 0 amide bonds. The monoisotopic (exact) mass is 316 g/mol. The van der Waals surface area contributed by atoms with Gasteiger partial charge in [-0.1, -0.05) is 32.0 Å². The van der Waals surface area contributed by atoms with Crippen molar-refractivity contribution >= 4 is 22.4 Å². The predicted molar refractivity (Wildman–Crippen MR) is 88.7 cm³/mol. The third-order valence-electron chi connectivity index (χ3n) is 3.85. The van der Waals surface area contributed by atoms with E-state index < -0.39 is 10.9 Å². The Balaban J connectivity index is 2.21. The largest absolute Gasteiger partial charge is 0.461 e. The Bertz CT molecular complexity index is 711. The highest BCUT2D eigenvalue weighted by molar-refractivity contribution is 6.07. The van der Waals surface area contributed by atoms with Gasteiger partial charge >= 0.3 is 5.97 Å². The summed E-state index contributed by atoms with van der Waals surface area (Å²) in [5.41, 5.74) is 0.339. The fourth-order valence-corrected chi connectivity index (χ4v) is 2.51. The minimum Gasteiger partial charge on any atom is -0.461 e. The molecule has 6 heteroatoms. The van der Waals surface area contributed by atoms with Crippen LogP contribution in [-0.4, -0.2) is 42.0 Å². The van der Waals surface area contributed by atoms with Crippen molar-refractivity contribution in [2.24, 2.45) is 0 Å². The van der Waals surface area contributed by atoms with Gasteiger partial charge in [0.05, 0.1) is 15.9 Å². The highest BCUT2D eigenvalue weighted by Gasteiger charge is 2.18. The summed E-state index contributed by atoms with van der Waals surface area (Å²) in [4.78, 5) is 25.1. The molecule has 0 saturated heterocycles. The van der Waals surface area contributed by atoms with E-state index in [4.69, 9.17) is 4.74 Å². The van der Waals surface area contributed by atoms with Gasteiger partial charge in [-0.25, -0.2) is 4.79 Å². The summed E-state index contributed by atoms with van der Waals surface area (Å²) < 4.78 is 5.32. The average Bonchev–Trinajstić information content (AvgIpc) is 2.57. The molecule has 2 aromatic carbocycles. The SMILES string of the molecule is CCN(CC)CCOC(=O)c1ccc([N+](=O)[O-])c2ccccc12. The van der Waals surface area contributed by atoms with E-state index in [2.05, 4.69) is 18.7 Å². The standard InChI is InChI=1S/C17H20N2O4/c1-3-18(4-2)11-12-23-17(20)15-9-10-16(19(21)22)14-8-6-5-7-13(14)15/h5-10H,3-4,11-12H2,1-2H3. The molecule has 0 unspecified atom stereocenters. The van der Waals surface area contributed by atoms with Crippen LogP contribution in [-0.2, 0) is 4.74 Å². The minimum absolute atomic E-state index is 0.0136. The maximum atomic E-state index is 12.3. The zero-order valence-electron chi connectivity index (χ0n) is 13.3. The Hall–Kier alpha value is -2.47. The number of carbonyl (C=O) groups excluding carboxylic acids is 1. The first kappa shape index (κ1) is 16.9. The molecule has 23 heavy (non-hydrogen) atoms. The summed E-state index contributed by atoms with van der Waals surface area (Å²) in [6.07, 6.45) is 0. The number of ether oxygens (including phenoxy) is 1. The number of fused-ring (bicyclic) bond motifs is 1. The van der Waals surface area contributed by atoms with Crippen LogP contribution in [0.5, 0.6) is 0 Å². The number of hydrogen-bond donors (Lipinski definition) is 0. The summed E-state index contributed by atoms with van der Waals surface area (Å²) in [5, 5.41) is 12.1. The smallest absolute Gasteiger partial charge is 0.338 e. The van der Waals surface area contributed by atoms with E-state index >= 15 is 0 Å². The molecule has 0 atom stereocenters. The van der Waals surface area contributed by atoms with E-state index in [0.717, 1.165) is 13.1 Å². The molecule has 0 fully saturated rings. The average molecular weight is 316 g/mol. The summed E-state index contributed by atoms with van der Waals surface area (Å²) in [6, 6.07) is 9.61. The molecule has 6 nitrogen and oxygen atoms in total. The third-order valence-corrected chi connectivity index (χ3v) is 3.85. The van der Waals surface area contributed by atoms with Crippen LogP contribution in [0, 0.1) is 10.1 Å². The number of rotatable bonds is 7. The second-order valence-electron chi connectivity index (χ2n) is 5.10. The fraction of sp³-hybridized carbons (Fsp3) is 0.353. The molecule has 122 valence electrons. The molecule has 2 rings (SSSR count). The molecule has 0 aliphatic rings. The number of nitro benzene ring substituents is 1. The van der Waals surface area contributed by atoms with Crippen molar-refractivity contribution in [3.8, 4) is 0 Å². The van der Waals surface area contributed by atoms with Crippen molar-refractivity contribution in [2.45, 2.75) is 13.8 Å². The summed E-state index contributed by atoms with van der Waals surface area (Å²) >= 11 is 0. The van der Waals surface area contributed by atoms with Crippen molar-refractivity contribution in [1.82, 2.24) is 4.90 Å². The van der Waals surface area contributed by atoms with Crippen LogP contribution in [0.1, 0.15) is 24.2 Å². The fourth-order valence-electron chi connectivity index (χ4n) is 2.51.